The molecule has 2 aromatic carbocycles. The van der Waals surface area contributed by atoms with Crippen LogP contribution in [0.5, 0.6) is 0 Å². The molecule has 1 aromatic heterocycles. The molecule has 2 nitrogen and oxygen atoms in total. The fourth-order valence-corrected chi connectivity index (χ4v) is 4.94. The van der Waals surface area contributed by atoms with E-state index < -0.39 is 0 Å². The van der Waals surface area contributed by atoms with Gasteiger partial charge in [0, 0.05) is 16.4 Å². The van der Waals surface area contributed by atoms with E-state index in [0.717, 1.165) is 16.2 Å². The van der Waals surface area contributed by atoms with Gasteiger partial charge in [-0.2, -0.15) is 0 Å². The second kappa shape index (κ2) is 12.3. The molecule has 0 bridgehead atoms. The molecule has 3 aromatic rings. The van der Waals surface area contributed by atoms with Crippen LogP contribution in [0.4, 0.5) is 0 Å². The van der Waals surface area contributed by atoms with Gasteiger partial charge in [0.05, 0.1) is 16.6 Å². The number of hydrogen-bond donors (Lipinski definition) is 1. The van der Waals surface area contributed by atoms with Gasteiger partial charge in [-0.1, -0.05) is 69.2 Å². The molecule has 1 heterocycles. The van der Waals surface area contributed by atoms with Crippen LogP contribution in [0.15, 0.2) is 66.2 Å². The fourth-order valence-electron chi connectivity index (χ4n) is 3.65. The molecule has 2 atom stereocenters. The van der Waals surface area contributed by atoms with Crippen molar-refractivity contribution in [3.63, 3.8) is 0 Å². The maximum absolute atomic E-state index is 5.99. The highest BCUT2D eigenvalue weighted by atomic mass is 32.1. The minimum absolute atomic E-state index is 0.00944. The molecule has 0 spiro atoms. The first kappa shape index (κ1) is 25.4. The fraction of sp³-hybridized carbons (Fsp3) is 0.345. The van der Waals surface area contributed by atoms with E-state index in [4.69, 9.17) is 17.1 Å². The molecule has 2 N–H and O–H groups in total. The zero-order valence-corrected chi connectivity index (χ0v) is 20.9. The first-order chi connectivity index (χ1) is 15.5. The van der Waals surface area contributed by atoms with E-state index in [-0.39, 0.29) is 12.0 Å². The first-order valence-electron chi connectivity index (χ1n) is 11.4. The average Bonchev–Trinajstić information content (AvgIpc) is 3.57. The Hall–Kier alpha value is -2.83. The molecule has 0 saturated heterocycles. The minimum atomic E-state index is -0.00944. The summed E-state index contributed by atoms with van der Waals surface area (Å²) >= 11 is 1.73. The Morgan fingerprint density at radius 2 is 1.84 bits per heavy atom. The van der Waals surface area contributed by atoms with Crippen molar-refractivity contribution in [1.82, 2.24) is 0 Å². The number of aliphatic imine (C=N–C) groups is 1. The number of allylic oxidation sites excluding steroid dienone is 1. The van der Waals surface area contributed by atoms with E-state index >= 15 is 0 Å². The van der Waals surface area contributed by atoms with Crippen LogP contribution in [0.1, 0.15) is 86.9 Å². The van der Waals surface area contributed by atoms with Gasteiger partial charge in [-0.15, -0.1) is 24.3 Å². The highest BCUT2D eigenvalue weighted by Gasteiger charge is 2.25. The Kier molecular flexibility index (Phi) is 9.75. The van der Waals surface area contributed by atoms with Crippen LogP contribution >= 0.6 is 11.3 Å². The Labute approximate surface area is 198 Å². The molecular formula is C29H36N2S. The minimum Gasteiger partial charge on any atom is -0.388 e. The monoisotopic (exact) mass is 444 g/mol. The van der Waals surface area contributed by atoms with E-state index in [1.165, 1.54) is 34.2 Å². The maximum Gasteiger partial charge on any atom is 0.0926 e. The van der Waals surface area contributed by atoms with Gasteiger partial charge in [-0.3, -0.25) is 4.99 Å². The lowest BCUT2D eigenvalue weighted by molar-refractivity contribution is 0.609. The second-order valence-electron chi connectivity index (χ2n) is 7.87. The summed E-state index contributed by atoms with van der Waals surface area (Å²) in [5.74, 6) is 4.42. The van der Waals surface area contributed by atoms with E-state index in [9.17, 15) is 0 Å². The van der Waals surface area contributed by atoms with E-state index in [1.54, 1.807) is 17.4 Å². The van der Waals surface area contributed by atoms with Gasteiger partial charge < -0.3 is 5.73 Å². The first-order valence-corrected chi connectivity index (χ1v) is 12.3. The predicted molar refractivity (Wildman–Crippen MR) is 144 cm³/mol. The molecule has 1 aliphatic rings. The Bertz CT molecular complexity index is 1070. The summed E-state index contributed by atoms with van der Waals surface area (Å²) in [6.45, 7) is 13.3. The number of nitrogens with two attached hydrogens (primary N) is 1. The van der Waals surface area contributed by atoms with Crippen molar-refractivity contribution in [2.45, 2.75) is 65.3 Å². The van der Waals surface area contributed by atoms with Gasteiger partial charge in [-0.25, -0.2) is 0 Å². The summed E-state index contributed by atoms with van der Waals surface area (Å²) in [5.41, 5.74) is 9.69. The topological polar surface area (TPSA) is 38.4 Å². The molecule has 3 heteroatoms. The highest BCUT2D eigenvalue weighted by Crippen LogP contribution is 2.43. The quantitative estimate of drug-likeness (QED) is 0.183. The number of thiophene rings is 1. The lowest BCUT2D eigenvalue weighted by Gasteiger charge is -2.20. The number of benzene rings is 2. The van der Waals surface area contributed by atoms with Gasteiger partial charge in [0.25, 0.3) is 0 Å². The molecule has 0 aliphatic heterocycles. The van der Waals surface area contributed by atoms with E-state index in [0.29, 0.717) is 5.84 Å². The molecule has 1 saturated carbocycles. The standard InChI is InChI=1S/C24H24N2S.C3H6.C2H6/c1-4-17-6-5-7-21-14-22(27-24(17)21)23(26-16(3)25)15(2)18-8-10-19(11-9-18)20-12-13-20;1-3-2;1-2/h1,5-11,14-15,20,23H,12-13H2,2-3H3,(H2,25,26);3H,1H2,2H3;1-2H3/t15-,23?;;/m1../s1. The van der Waals surface area contributed by atoms with Crippen molar-refractivity contribution < 1.29 is 0 Å². The molecule has 4 rings (SSSR count). The number of nitrogens with zero attached hydrogens (tertiary/aromatic N) is 1. The van der Waals surface area contributed by atoms with Gasteiger partial charge >= 0.3 is 0 Å². The number of hydrogen-bond acceptors (Lipinski definition) is 2. The Balaban J connectivity index is 0.000000671. The lowest BCUT2D eigenvalue weighted by Crippen LogP contribution is -2.12. The molecular weight excluding hydrogens is 408 g/mol. The van der Waals surface area contributed by atoms with E-state index in [1.807, 2.05) is 39.8 Å². The molecule has 0 radical (unpaired) electrons. The summed E-state index contributed by atoms with van der Waals surface area (Å²) in [4.78, 5) is 6.00. The van der Waals surface area contributed by atoms with Crippen LogP contribution in [-0.2, 0) is 0 Å². The average molecular weight is 445 g/mol. The van der Waals surface area contributed by atoms with Crippen molar-refractivity contribution >= 4 is 27.3 Å². The predicted octanol–water partition coefficient (Wildman–Crippen LogP) is 8.20. The lowest BCUT2D eigenvalue weighted by atomic mass is 9.91. The summed E-state index contributed by atoms with van der Waals surface area (Å²) in [6, 6.07) is 17.4. The summed E-state index contributed by atoms with van der Waals surface area (Å²) < 4.78 is 1.15. The van der Waals surface area contributed by atoms with Crippen LogP contribution in [-0.4, -0.2) is 5.84 Å². The zero-order chi connectivity index (χ0) is 23.7. The van der Waals surface area contributed by atoms with Crippen molar-refractivity contribution in [1.29, 1.82) is 0 Å². The third kappa shape index (κ3) is 6.34. The Morgan fingerprint density at radius 1 is 1.22 bits per heavy atom. The van der Waals surface area contributed by atoms with Crippen molar-refractivity contribution in [3.8, 4) is 12.3 Å². The van der Waals surface area contributed by atoms with Crippen molar-refractivity contribution in [2.75, 3.05) is 0 Å². The summed E-state index contributed by atoms with van der Waals surface area (Å²) in [7, 11) is 0. The number of amidine groups is 1. The van der Waals surface area contributed by atoms with Gasteiger partial charge in [0.2, 0.25) is 0 Å². The molecule has 1 unspecified atom stereocenters. The smallest absolute Gasteiger partial charge is 0.0926 e. The number of rotatable bonds is 5. The largest absolute Gasteiger partial charge is 0.388 e. The summed E-state index contributed by atoms with van der Waals surface area (Å²) in [5, 5.41) is 1.18. The normalized spacial score (nSPS) is 14.8. The van der Waals surface area contributed by atoms with Gasteiger partial charge in [0.1, 0.15) is 0 Å². The van der Waals surface area contributed by atoms with Crippen molar-refractivity contribution in [3.05, 3.63) is 82.8 Å². The third-order valence-electron chi connectivity index (χ3n) is 5.34. The van der Waals surface area contributed by atoms with Gasteiger partial charge in [0.15, 0.2) is 0 Å². The molecule has 1 aliphatic carbocycles. The maximum atomic E-state index is 5.99. The molecule has 32 heavy (non-hydrogen) atoms. The Morgan fingerprint density at radius 3 is 2.38 bits per heavy atom. The van der Waals surface area contributed by atoms with Crippen LogP contribution < -0.4 is 5.73 Å². The zero-order valence-electron chi connectivity index (χ0n) is 20.1. The third-order valence-corrected chi connectivity index (χ3v) is 6.59. The van der Waals surface area contributed by atoms with Crippen LogP contribution in [0.3, 0.4) is 0 Å². The second-order valence-corrected chi connectivity index (χ2v) is 8.95. The van der Waals surface area contributed by atoms with Crippen LogP contribution in [0.25, 0.3) is 10.1 Å². The SMILES string of the molecule is C#Cc1cccc2cc(C(N=C(C)N)[C@H](C)c3ccc(C4CC4)cc3)sc12.C=CC.CC. The van der Waals surface area contributed by atoms with Crippen molar-refractivity contribution in [2.24, 2.45) is 10.7 Å². The molecule has 1 fully saturated rings. The van der Waals surface area contributed by atoms with Crippen LogP contribution in [0, 0.1) is 12.3 Å². The molecule has 168 valence electrons. The highest BCUT2D eigenvalue weighted by molar-refractivity contribution is 7.19. The number of fused-ring (bicyclic) bond motifs is 1. The molecule has 0 amide bonds. The number of terminal acetylenes is 1. The van der Waals surface area contributed by atoms with E-state index in [2.05, 4.69) is 55.8 Å². The summed E-state index contributed by atoms with van der Waals surface area (Å²) in [6.07, 6.45) is 10.1. The van der Waals surface area contributed by atoms with Gasteiger partial charge in [-0.05, 0) is 61.3 Å². The van der Waals surface area contributed by atoms with Crippen LogP contribution in [0.2, 0.25) is 0 Å².